The molecule has 3 aliphatic rings. The van der Waals surface area contributed by atoms with Gasteiger partial charge >= 0.3 is 0 Å². The minimum Gasteiger partial charge on any atom is -0.390 e. The summed E-state index contributed by atoms with van der Waals surface area (Å²) in [7, 11) is 0. The van der Waals surface area contributed by atoms with Crippen LogP contribution in [0.3, 0.4) is 0 Å². The summed E-state index contributed by atoms with van der Waals surface area (Å²) >= 11 is 0. The van der Waals surface area contributed by atoms with Crippen LogP contribution in [0.15, 0.2) is 73.3 Å². The minimum absolute atomic E-state index is 0.236. The average molecular weight is 444 g/mol. The lowest BCUT2D eigenvalue weighted by Gasteiger charge is -2.40. The maximum absolute atomic E-state index is 10.8. The largest absolute Gasteiger partial charge is 0.390 e. The van der Waals surface area contributed by atoms with Gasteiger partial charge in [-0.15, -0.1) is 0 Å². The van der Waals surface area contributed by atoms with Crippen molar-refractivity contribution < 1.29 is 5.11 Å². The maximum atomic E-state index is 10.8. The van der Waals surface area contributed by atoms with Crippen LogP contribution in [0, 0.1) is 0 Å². The zero-order chi connectivity index (χ0) is 22.6. The van der Waals surface area contributed by atoms with Gasteiger partial charge in [0.25, 0.3) is 0 Å². The van der Waals surface area contributed by atoms with Crippen molar-refractivity contribution in [2.45, 2.75) is 18.7 Å². The molecule has 1 unspecified atom stereocenters. The van der Waals surface area contributed by atoms with Gasteiger partial charge in [-0.2, -0.15) is 0 Å². The molecule has 0 aliphatic carbocycles. The zero-order valence-corrected chi connectivity index (χ0v) is 18.5. The average Bonchev–Trinajstić information content (AvgIpc) is 3.35. The van der Waals surface area contributed by atoms with Gasteiger partial charge in [0.15, 0.2) is 11.6 Å². The Kier molecular flexibility index (Phi) is 6.30. The number of rotatable bonds is 7. The second-order valence-electron chi connectivity index (χ2n) is 8.54. The predicted octanol–water partition coefficient (Wildman–Crippen LogP) is 2.13. The van der Waals surface area contributed by atoms with E-state index in [1.54, 1.807) is 6.33 Å². The first-order valence-corrected chi connectivity index (χ1v) is 11.3. The smallest absolute Gasteiger partial charge is 0.165 e. The number of piperazine rings is 1. The molecule has 3 aliphatic heterocycles. The molecule has 8 heteroatoms. The lowest BCUT2D eigenvalue weighted by molar-refractivity contribution is 0.0555. The maximum Gasteiger partial charge on any atom is 0.165 e. The van der Waals surface area contributed by atoms with Crippen molar-refractivity contribution in [2.24, 2.45) is 0 Å². The number of fused-ring (bicyclic) bond motifs is 1. The molecule has 1 atom stereocenters. The molecule has 0 radical (unpaired) electrons. The number of benzene rings is 2. The van der Waals surface area contributed by atoms with Gasteiger partial charge < -0.3 is 15.4 Å². The molecule has 0 amide bonds. The molecule has 0 aromatic heterocycles. The van der Waals surface area contributed by atoms with Crippen LogP contribution in [-0.2, 0) is 6.54 Å². The Hall–Kier alpha value is -3.33. The second-order valence-corrected chi connectivity index (χ2v) is 8.54. The fourth-order valence-corrected chi connectivity index (χ4v) is 4.70. The van der Waals surface area contributed by atoms with Crippen molar-refractivity contribution in [3.63, 3.8) is 0 Å². The van der Waals surface area contributed by atoms with E-state index in [1.165, 1.54) is 17.5 Å². The zero-order valence-electron chi connectivity index (χ0n) is 18.5. The molecule has 1 fully saturated rings. The van der Waals surface area contributed by atoms with E-state index in [2.05, 4.69) is 85.4 Å². The number of nitrogens with zero attached hydrogens (tertiary/aromatic N) is 6. The molecule has 5 rings (SSSR count). The fourth-order valence-electron chi connectivity index (χ4n) is 4.70. The van der Waals surface area contributed by atoms with E-state index in [4.69, 9.17) is 5.73 Å². The van der Waals surface area contributed by atoms with E-state index in [9.17, 15) is 5.11 Å². The second kappa shape index (κ2) is 9.66. The van der Waals surface area contributed by atoms with Gasteiger partial charge in [-0.05, 0) is 11.1 Å². The Morgan fingerprint density at radius 3 is 2.09 bits per heavy atom. The highest BCUT2D eigenvalue weighted by atomic mass is 16.3. The Balaban J connectivity index is 1.22. The Bertz CT molecular complexity index is 1090. The van der Waals surface area contributed by atoms with Crippen molar-refractivity contribution in [1.29, 1.82) is 0 Å². The van der Waals surface area contributed by atoms with Crippen molar-refractivity contribution in [3.05, 3.63) is 84.4 Å². The van der Waals surface area contributed by atoms with Crippen LogP contribution in [0.1, 0.15) is 17.2 Å². The molecular formula is C25H29N7O. The van der Waals surface area contributed by atoms with Crippen LogP contribution in [0.2, 0.25) is 0 Å². The highest BCUT2D eigenvalue weighted by Gasteiger charge is 2.27. The lowest BCUT2D eigenvalue weighted by Crippen LogP contribution is -2.50. The standard InChI is InChI=1S/C25H29N7O/c26-24-22-25(28-17-27-22)32(18-29-24)16-21(33)15-30-11-13-31(14-12-30)23(19-7-3-1-4-8-19)20-9-5-2-6-10-20/h1-10,17-18,21,23,33H,11-16,26H2. The van der Waals surface area contributed by atoms with Gasteiger partial charge in [0.05, 0.1) is 25.0 Å². The highest BCUT2D eigenvalue weighted by molar-refractivity contribution is 5.64. The predicted molar refractivity (Wildman–Crippen MR) is 128 cm³/mol. The third-order valence-corrected chi connectivity index (χ3v) is 6.31. The van der Waals surface area contributed by atoms with Gasteiger partial charge in [0, 0.05) is 32.7 Å². The number of β-amino-alcohol motifs (C(OH)–C–C–N with tert-alkyl or cyclic N) is 1. The fraction of sp³-hybridized carbons (Fsp3) is 0.320. The highest BCUT2D eigenvalue weighted by Crippen LogP contribution is 2.29. The Labute approximate surface area is 193 Å². The van der Waals surface area contributed by atoms with Crippen LogP contribution in [0.4, 0.5) is 5.82 Å². The molecule has 1 saturated heterocycles. The summed E-state index contributed by atoms with van der Waals surface area (Å²) in [5, 5.41) is 10.8. The number of hydrogen-bond donors (Lipinski definition) is 2. The van der Waals surface area contributed by atoms with Gasteiger partial charge in [0.1, 0.15) is 12.0 Å². The van der Waals surface area contributed by atoms with Crippen molar-refractivity contribution in [1.82, 2.24) is 29.3 Å². The van der Waals surface area contributed by atoms with E-state index in [-0.39, 0.29) is 6.04 Å². The Morgan fingerprint density at radius 1 is 0.818 bits per heavy atom. The van der Waals surface area contributed by atoms with Gasteiger partial charge in [-0.25, -0.2) is 15.0 Å². The molecule has 0 bridgehead atoms. The third-order valence-electron chi connectivity index (χ3n) is 6.31. The number of hydrogen-bond acceptors (Lipinski definition) is 7. The van der Waals surface area contributed by atoms with Crippen molar-refractivity contribution in [2.75, 3.05) is 38.5 Å². The molecule has 8 nitrogen and oxygen atoms in total. The summed E-state index contributed by atoms with van der Waals surface area (Å²) in [5.74, 6) is 1.01. The summed E-state index contributed by atoms with van der Waals surface area (Å²) < 4.78 is 1.82. The summed E-state index contributed by atoms with van der Waals surface area (Å²) in [6.45, 7) is 4.70. The van der Waals surface area contributed by atoms with E-state index in [1.807, 2.05) is 4.57 Å². The van der Waals surface area contributed by atoms with E-state index < -0.39 is 6.10 Å². The number of nitrogen functional groups attached to an aromatic ring is 1. The summed E-state index contributed by atoms with van der Waals surface area (Å²) in [6, 6.07) is 21.6. The molecule has 2 aromatic rings. The van der Waals surface area contributed by atoms with Gasteiger partial charge in [0.2, 0.25) is 0 Å². The molecular weight excluding hydrogens is 414 g/mol. The molecule has 0 spiro atoms. The molecule has 3 N–H and O–H groups in total. The first kappa shape index (κ1) is 21.5. The van der Waals surface area contributed by atoms with E-state index in [0.29, 0.717) is 30.4 Å². The van der Waals surface area contributed by atoms with Crippen LogP contribution in [-0.4, -0.2) is 73.3 Å². The minimum atomic E-state index is -0.536. The van der Waals surface area contributed by atoms with Crippen LogP contribution in [0.5, 0.6) is 0 Å². The number of nitrogens with two attached hydrogens (primary N) is 1. The Morgan fingerprint density at radius 2 is 1.45 bits per heavy atom. The summed E-state index contributed by atoms with van der Waals surface area (Å²) in [4.78, 5) is 17.5. The van der Waals surface area contributed by atoms with Crippen LogP contribution >= 0.6 is 0 Å². The van der Waals surface area contributed by atoms with E-state index in [0.717, 1.165) is 26.2 Å². The van der Waals surface area contributed by atoms with Gasteiger partial charge in [-0.3, -0.25) is 9.80 Å². The van der Waals surface area contributed by atoms with Gasteiger partial charge in [-0.1, -0.05) is 60.7 Å². The summed E-state index contributed by atoms with van der Waals surface area (Å²) in [5.41, 5.74) is 9.06. The number of anilines is 1. The third kappa shape index (κ3) is 4.73. The number of aromatic nitrogens is 4. The number of aliphatic hydroxyl groups excluding tert-OH is 1. The number of imidazole rings is 1. The molecule has 0 saturated carbocycles. The summed E-state index contributed by atoms with van der Waals surface area (Å²) in [6.07, 6.45) is 2.56. The van der Waals surface area contributed by atoms with Crippen LogP contribution < -0.4 is 5.73 Å². The normalized spacial score (nSPS) is 16.4. The number of aliphatic hydroxyl groups is 1. The SMILES string of the molecule is Nc1ncn(CC(O)CN2CCN(C(c3ccccc3)c3ccccc3)CC2)c2ncnc1-2. The quantitative estimate of drug-likeness (QED) is 0.452. The van der Waals surface area contributed by atoms with Crippen molar-refractivity contribution in [3.8, 4) is 11.5 Å². The monoisotopic (exact) mass is 443 g/mol. The first-order chi connectivity index (χ1) is 16.2. The lowest BCUT2D eigenvalue weighted by atomic mass is 9.96. The topological polar surface area (TPSA) is 96.3 Å². The first-order valence-electron chi connectivity index (χ1n) is 11.3. The van der Waals surface area contributed by atoms with E-state index >= 15 is 0 Å². The van der Waals surface area contributed by atoms with Crippen molar-refractivity contribution >= 4 is 5.82 Å². The molecule has 33 heavy (non-hydrogen) atoms. The van der Waals surface area contributed by atoms with Crippen LogP contribution in [0.25, 0.3) is 11.5 Å². The molecule has 170 valence electrons. The molecule has 2 aromatic carbocycles. The molecule has 3 heterocycles.